The van der Waals surface area contributed by atoms with Crippen LogP contribution in [-0.2, 0) is 0 Å². The first kappa shape index (κ1) is 8.75. The Morgan fingerprint density at radius 2 is 2.50 bits per heavy atom. The van der Waals surface area contributed by atoms with Crippen molar-refractivity contribution >= 4 is 24.4 Å². The monoisotopic (exact) mass is 177 g/mol. The number of hydrogen-bond donors (Lipinski definition) is 1. The molecule has 10 heavy (non-hydrogen) atoms. The number of nitrogens with zero attached hydrogens (tertiary/aromatic N) is 1. The van der Waals surface area contributed by atoms with Gasteiger partial charge in [0, 0.05) is 36.4 Å². The molecule has 0 aromatic rings. The van der Waals surface area contributed by atoms with Gasteiger partial charge in [0.1, 0.15) is 0 Å². The van der Waals surface area contributed by atoms with E-state index >= 15 is 0 Å². The van der Waals surface area contributed by atoms with E-state index in [0.29, 0.717) is 0 Å². The molecule has 1 unspecified atom stereocenters. The second kappa shape index (κ2) is 4.52. The summed E-state index contributed by atoms with van der Waals surface area (Å²) in [5.41, 5.74) is 0. The molecule has 1 nitrogen and oxygen atoms in total. The molecule has 1 fully saturated rings. The van der Waals surface area contributed by atoms with Gasteiger partial charge in [0.05, 0.1) is 0 Å². The Bertz CT molecular complexity index is 95.6. The lowest BCUT2D eigenvalue weighted by Gasteiger charge is -2.29. The van der Waals surface area contributed by atoms with Crippen molar-refractivity contribution in [2.75, 3.05) is 31.1 Å². The van der Waals surface area contributed by atoms with Crippen LogP contribution in [0.25, 0.3) is 0 Å². The van der Waals surface area contributed by atoms with Gasteiger partial charge in [-0.15, -0.1) is 0 Å². The second-order valence-electron chi connectivity index (χ2n) is 2.71. The molecule has 0 aromatic heterocycles. The first-order chi connectivity index (χ1) is 4.83. The standard InChI is InChI=1S/C7H15NS2/c1-7-6-8(2-4-9)3-5-10-7/h7,9H,2-6H2,1H3. The van der Waals surface area contributed by atoms with Crippen molar-refractivity contribution < 1.29 is 0 Å². The van der Waals surface area contributed by atoms with Crippen LogP contribution in [0.1, 0.15) is 6.92 Å². The highest BCUT2D eigenvalue weighted by atomic mass is 32.2. The van der Waals surface area contributed by atoms with Gasteiger partial charge in [0.15, 0.2) is 0 Å². The molecule has 60 valence electrons. The molecular weight excluding hydrogens is 162 g/mol. The van der Waals surface area contributed by atoms with E-state index in [1.165, 1.54) is 18.8 Å². The molecule has 0 saturated carbocycles. The van der Waals surface area contributed by atoms with Crippen LogP contribution in [0.3, 0.4) is 0 Å². The predicted molar refractivity (Wildman–Crippen MR) is 52.2 cm³/mol. The SMILES string of the molecule is CC1CN(CCS)CCS1. The topological polar surface area (TPSA) is 3.24 Å². The molecule has 1 aliphatic rings. The minimum absolute atomic E-state index is 0.827. The van der Waals surface area contributed by atoms with Crippen LogP contribution >= 0.6 is 24.4 Å². The van der Waals surface area contributed by atoms with Gasteiger partial charge in [-0.1, -0.05) is 6.92 Å². The molecule has 0 spiro atoms. The molecule has 1 rings (SSSR count). The Morgan fingerprint density at radius 3 is 3.10 bits per heavy atom. The van der Waals surface area contributed by atoms with Crippen molar-refractivity contribution in [3.63, 3.8) is 0 Å². The van der Waals surface area contributed by atoms with E-state index in [2.05, 4.69) is 36.2 Å². The molecule has 0 amide bonds. The fourth-order valence-electron chi connectivity index (χ4n) is 1.24. The van der Waals surface area contributed by atoms with Crippen molar-refractivity contribution in [1.29, 1.82) is 0 Å². The summed E-state index contributed by atoms with van der Waals surface area (Å²) < 4.78 is 0. The highest BCUT2D eigenvalue weighted by molar-refractivity contribution is 7.99. The molecule has 0 N–H and O–H groups in total. The molecule has 1 heterocycles. The third kappa shape index (κ3) is 2.72. The van der Waals surface area contributed by atoms with E-state index in [1.807, 2.05) is 0 Å². The van der Waals surface area contributed by atoms with Crippen LogP contribution in [0.4, 0.5) is 0 Å². The average molecular weight is 177 g/mol. The van der Waals surface area contributed by atoms with Gasteiger partial charge in [-0.3, -0.25) is 0 Å². The number of hydrogen-bond acceptors (Lipinski definition) is 3. The van der Waals surface area contributed by atoms with Gasteiger partial charge in [0.2, 0.25) is 0 Å². The first-order valence-corrected chi connectivity index (χ1v) is 5.46. The lowest BCUT2D eigenvalue weighted by atomic mass is 10.4. The Kier molecular flexibility index (Phi) is 3.96. The van der Waals surface area contributed by atoms with Gasteiger partial charge >= 0.3 is 0 Å². The Balaban J connectivity index is 2.18. The first-order valence-electron chi connectivity index (χ1n) is 3.77. The fraction of sp³-hybridized carbons (Fsp3) is 1.00. The van der Waals surface area contributed by atoms with Gasteiger partial charge in [-0.05, 0) is 0 Å². The van der Waals surface area contributed by atoms with E-state index in [4.69, 9.17) is 0 Å². The lowest BCUT2D eigenvalue weighted by Crippen LogP contribution is -2.37. The van der Waals surface area contributed by atoms with Crippen molar-refractivity contribution in [2.45, 2.75) is 12.2 Å². The Morgan fingerprint density at radius 1 is 1.70 bits per heavy atom. The van der Waals surface area contributed by atoms with Crippen LogP contribution in [0.5, 0.6) is 0 Å². The van der Waals surface area contributed by atoms with Gasteiger partial charge < -0.3 is 4.90 Å². The highest BCUT2D eigenvalue weighted by Gasteiger charge is 2.14. The summed E-state index contributed by atoms with van der Waals surface area (Å²) >= 11 is 6.29. The van der Waals surface area contributed by atoms with E-state index in [-0.39, 0.29) is 0 Å². The summed E-state index contributed by atoms with van der Waals surface area (Å²) in [5.74, 6) is 2.30. The summed E-state index contributed by atoms with van der Waals surface area (Å²) in [5, 5.41) is 0.827. The summed E-state index contributed by atoms with van der Waals surface area (Å²) in [6, 6.07) is 0. The second-order valence-corrected chi connectivity index (χ2v) is 4.70. The summed E-state index contributed by atoms with van der Waals surface area (Å²) in [6.45, 7) is 5.98. The minimum atomic E-state index is 0.827. The zero-order valence-corrected chi connectivity index (χ0v) is 8.13. The maximum Gasteiger partial charge on any atom is 0.0147 e. The quantitative estimate of drug-likeness (QED) is 0.634. The van der Waals surface area contributed by atoms with Crippen molar-refractivity contribution in [3.8, 4) is 0 Å². The third-order valence-electron chi connectivity index (χ3n) is 1.74. The van der Waals surface area contributed by atoms with Crippen LogP contribution in [0.15, 0.2) is 0 Å². The van der Waals surface area contributed by atoms with Crippen molar-refractivity contribution in [2.24, 2.45) is 0 Å². The predicted octanol–water partition coefficient (Wildman–Crippen LogP) is 1.35. The summed E-state index contributed by atoms with van der Waals surface area (Å²) in [6.07, 6.45) is 0. The number of rotatable bonds is 2. The molecule has 1 saturated heterocycles. The normalized spacial score (nSPS) is 28.8. The fourth-order valence-corrected chi connectivity index (χ4v) is 2.60. The molecule has 1 atom stereocenters. The zero-order valence-electron chi connectivity index (χ0n) is 6.42. The maximum absolute atomic E-state index is 4.21. The van der Waals surface area contributed by atoms with Gasteiger partial charge in [-0.2, -0.15) is 24.4 Å². The Labute approximate surface area is 73.0 Å². The van der Waals surface area contributed by atoms with E-state index in [0.717, 1.165) is 17.5 Å². The molecule has 1 aliphatic heterocycles. The zero-order chi connectivity index (χ0) is 7.40. The Hall–Kier alpha value is 0.660. The average Bonchev–Trinajstić information content (AvgIpc) is 1.88. The summed E-state index contributed by atoms with van der Waals surface area (Å²) in [7, 11) is 0. The smallest absolute Gasteiger partial charge is 0.0147 e. The van der Waals surface area contributed by atoms with Crippen LogP contribution in [0, 0.1) is 0 Å². The van der Waals surface area contributed by atoms with Gasteiger partial charge in [-0.25, -0.2) is 0 Å². The minimum Gasteiger partial charge on any atom is -0.301 e. The molecule has 0 radical (unpaired) electrons. The molecule has 0 aliphatic carbocycles. The largest absolute Gasteiger partial charge is 0.301 e. The number of thiol groups is 1. The maximum atomic E-state index is 4.21. The van der Waals surface area contributed by atoms with Crippen LogP contribution in [0.2, 0.25) is 0 Å². The van der Waals surface area contributed by atoms with E-state index in [9.17, 15) is 0 Å². The molecule has 0 aromatic carbocycles. The molecular formula is C7H15NS2. The van der Waals surface area contributed by atoms with Gasteiger partial charge in [0.25, 0.3) is 0 Å². The summed E-state index contributed by atoms with van der Waals surface area (Å²) in [4.78, 5) is 2.49. The number of thioether (sulfide) groups is 1. The van der Waals surface area contributed by atoms with Crippen molar-refractivity contribution in [1.82, 2.24) is 4.90 Å². The lowest BCUT2D eigenvalue weighted by molar-refractivity contribution is 0.305. The van der Waals surface area contributed by atoms with E-state index in [1.54, 1.807) is 0 Å². The highest BCUT2D eigenvalue weighted by Crippen LogP contribution is 2.17. The van der Waals surface area contributed by atoms with Crippen molar-refractivity contribution in [3.05, 3.63) is 0 Å². The third-order valence-corrected chi connectivity index (χ3v) is 3.08. The molecule has 3 heteroatoms. The van der Waals surface area contributed by atoms with Crippen LogP contribution in [-0.4, -0.2) is 41.3 Å². The van der Waals surface area contributed by atoms with Crippen LogP contribution < -0.4 is 0 Å². The molecule has 0 bridgehead atoms. The van der Waals surface area contributed by atoms with E-state index < -0.39 is 0 Å².